The number of carbonyl (C=O) groups excluding carboxylic acids is 2. The van der Waals surface area contributed by atoms with Crippen LogP contribution in [0.15, 0.2) is 12.2 Å². The van der Waals surface area contributed by atoms with Crippen molar-refractivity contribution in [3.05, 3.63) is 12.2 Å². The highest BCUT2D eigenvalue weighted by atomic mass is 16.6. The van der Waals surface area contributed by atoms with Gasteiger partial charge < -0.3 is 9.47 Å². The molecule has 0 unspecified atom stereocenters. The maximum atomic E-state index is 12.4. The Balaban J connectivity index is 1.78. The van der Waals surface area contributed by atoms with Gasteiger partial charge >= 0.3 is 5.97 Å². The summed E-state index contributed by atoms with van der Waals surface area (Å²) in [7, 11) is 0. The van der Waals surface area contributed by atoms with E-state index in [-0.39, 0.29) is 29.5 Å². The van der Waals surface area contributed by atoms with Crippen LogP contribution in [0.2, 0.25) is 0 Å². The number of rotatable bonds is 0. The largest absolute Gasteiger partial charge is 0.458 e. The van der Waals surface area contributed by atoms with E-state index in [0.29, 0.717) is 42.6 Å². The molecule has 0 aromatic carbocycles. The van der Waals surface area contributed by atoms with Gasteiger partial charge in [0.25, 0.3) is 0 Å². The van der Waals surface area contributed by atoms with E-state index >= 15 is 0 Å². The first-order chi connectivity index (χ1) is 9.03. The van der Waals surface area contributed by atoms with Crippen LogP contribution in [0.25, 0.3) is 0 Å². The number of carbonyl (C=O) groups is 2. The number of ether oxygens (including phenoxy) is 2. The molecule has 19 heavy (non-hydrogen) atoms. The average molecular weight is 262 g/mol. The van der Waals surface area contributed by atoms with E-state index in [1.54, 1.807) is 0 Å². The van der Waals surface area contributed by atoms with Gasteiger partial charge in [-0.25, -0.2) is 4.79 Å². The number of ketones is 1. The number of fused-ring (bicyclic) bond motifs is 1. The molecule has 4 heteroatoms. The van der Waals surface area contributed by atoms with Crippen LogP contribution < -0.4 is 0 Å². The summed E-state index contributed by atoms with van der Waals surface area (Å²) in [5.74, 6) is 0.709. The summed E-state index contributed by atoms with van der Waals surface area (Å²) in [6.07, 6.45) is 2.07. The molecule has 0 aromatic heterocycles. The fourth-order valence-electron chi connectivity index (χ4n) is 4.91. The first-order valence-electron chi connectivity index (χ1n) is 7.07. The first kappa shape index (κ1) is 11.6. The monoisotopic (exact) mass is 262 g/mol. The van der Waals surface area contributed by atoms with Crippen molar-refractivity contribution in [2.75, 3.05) is 6.61 Å². The Morgan fingerprint density at radius 1 is 1.32 bits per heavy atom. The Kier molecular flexibility index (Phi) is 2.13. The third kappa shape index (κ3) is 1.28. The highest BCUT2D eigenvalue weighted by Crippen LogP contribution is 2.59. The van der Waals surface area contributed by atoms with Crippen LogP contribution in [0.1, 0.15) is 26.2 Å². The lowest BCUT2D eigenvalue weighted by Gasteiger charge is -2.30. The maximum absolute atomic E-state index is 12.4. The molecule has 4 rings (SSSR count). The van der Waals surface area contributed by atoms with E-state index in [9.17, 15) is 9.59 Å². The summed E-state index contributed by atoms with van der Waals surface area (Å²) in [4.78, 5) is 24.1. The van der Waals surface area contributed by atoms with Crippen LogP contribution in [0.4, 0.5) is 0 Å². The van der Waals surface area contributed by atoms with Gasteiger partial charge in [-0.1, -0.05) is 13.5 Å². The van der Waals surface area contributed by atoms with E-state index in [1.165, 1.54) is 0 Å². The molecule has 2 saturated carbocycles. The Morgan fingerprint density at radius 2 is 2.11 bits per heavy atom. The normalized spacial score (nSPS) is 51.8. The Morgan fingerprint density at radius 3 is 2.84 bits per heavy atom. The molecule has 0 aromatic rings. The summed E-state index contributed by atoms with van der Waals surface area (Å²) >= 11 is 0. The van der Waals surface area contributed by atoms with Crippen LogP contribution in [-0.4, -0.2) is 30.6 Å². The maximum Gasteiger partial charge on any atom is 0.334 e. The van der Waals surface area contributed by atoms with Gasteiger partial charge in [0.05, 0.1) is 18.1 Å². The Hall–Kier alpha value is -1.16. The van der Waals surface area contributed by atoms with E-state index in [1.807, 2.05) is 0 Å². The minimum absolute atomic E-state index is 0.00403. The molecule has 2 aliphatic heterocycles. The quantitative estimate of drug-likeness (QED) is 0.490. The van der Waals surface area contributed by atoms with Gasteiger partial charge in [0, 0.05) is 23.8 Å². The van der Waals surface area contributed by atoms with Crippen molar-refractivity contribution < 1.29 is 19.1 Å². The molecule has 2 heterocycles. The molecule has 0 radical (unpaired) electrons. The van der Waals surface area contributed by atoms with E-state index in [2.05, 4.69) is 13.5 Å². The van der Waals surface area contributed by atoms with Gasteiger partial charge in [0.15, 0.2) is 0 Å². The van der Waals surface area contributed by atoms with E-state index in [4.69, 9.17) is 9.47 Å². The van der Waals surface area contributed by atoms with Gasteiger partial charge in [-0.05, 0) is 18.8 Å². The molecule has 4 fully saturated rings. The van der Waals surface area contributed by atoms with Crippen molar-refractivity contribution >= 4 is 11.8 Å². The molecular weight excluding hydrogens is 244 g/mol. The summed E-state index contributed by atoms with van der Waals surface area (Å²) < 4.78 is 11.3. The summed E-state index contributed by atoms with van der Waals surface area (Å²) in [6.45, 7) is 6.57. The van der Waals surface area contributed by atoms with Crippen molar-refractivity contribution in [1.82, 2.24) is 0 Å². The second kappa shape index (κ2) is 3.48. The molecule has 102 valence electrons. The van der Waals surface area contributed by atoms with Gasteiger partial charge in [0.1, 0.15) is 11.9 Å². The van der Waals surface area contributed by atoms with E-state index < -0.39 is 0 Å². The van der Waals surface area contributed by atoms with Crippen LogP contribution in [0, 0.1) is 23.2 Å². The molecule has 4 aliphatic rings. The first-order valence-corrected chi connectivity index (χ1v) is 7.07. The van der Waals surface area contributed by atoms with Crippen LogP contribution in [0.3, 0.4) is 0 Å². The van der Waals surface area contributed by atoms with Crippen LogP contribution in [-0.2, 0) is 19.1 Å². The molecule has 0 amide bonds. The van der Waals surface area contributed by atoms with Crippen molar-refractivity contribution in [3.8, 4) is 0 Å². The molecular formula is C15H18O4. The molecule has 6 atom stereocenters. The third-order valence-corrected chi connectivity index (χ3v) is 5.75. The van der Waals surface area contributed by atoms with Crippen molar-refractivity contribution in [3.63, 3.8) is 0 Å². The fourth-order valence-corrected chi connectivity index (χ4v) is 4.91. The minimum Gasteiger partial charge on any atom is -0.458 e. The number of Topliss-reactive ketones (excluding diaryl/α,β-unsaturated/α-hetero) is 1. The van der Waals surface area contributed by atoms with E-state index in [0.717, 1.165) is 6.42 Å². The van der Waals surface area contributed by atoms with Gasteiger partial charge in [-0.15, -0.1) is 0 Å². The van der Waals surface area contributed by atoms with Crippen LogP contribution in [0.5, 0.6) is 0 Å². The highest BCUT2D eigenvalue weighted by Gasteiger charge is 2.65. The zero-order valence-corrected chi connectivity index (χ0v) is 11.1. The van der Waals surface area contributed by atoms with Gasteiger partial charge in [-0.2, -0.15) is 0 Å². The SMILES string of the molecule is C=C1C(=O)O[C@@H]2C[C@@H](C)[C@@H]3[C@@H]4CC(=O)[C@]3(CO4)C[C@H]12. The smallest absolute Gasteiger partial charge is 0.334 e. The summed E-state index contributed by atoms with van der Waals surface area (Å²) in [6, 6.07) is 0. The van der Waals surface area contributed by atoms with Crippen LogP contribution >= 0.6 is 0 Å². The molecule has 4 nitrogen and oxygen atoms in total. The number of esters is 1. The summed E-state index contributed by atoms with van der Waals surface area (Å²) in [5, 5.41) is 0. The second-order valence-corrected chi connectivity index (χ2v) is 6.65. The van der Waals surface area contributed by atoms with Crippen molar-refractivity contribution in [2.24, 2.45) is 23.2 Å². The zero-order chi connectivity index (χ0) is 13.4. The summed E-state index contributed by atoms with van der Waals surface area (Å²) in [5.41, 5.74) is 0.177. The van der Waals surface area contributed by atoms with Crippen molar-refractivity contribution in [1.29, 1.82) is 0 Å². The van der Waals surface area contributed by atoms with Gasteiger partial charge in [0.2, 0.25) is 0 Å². The Bertz CT molecular complexity index is 496. The minimum atomic E-state index is -0.375. The fraction of sp³-hybridized carbons (Fsp3) is 0.733. The lowest BCUT2D eigenvalue weighted by atomic mass is 9.70. The second-order valence-electron chi connectivity index (χ2n) is 6.65. The van der Waals surface area contributed by atoms with Gasteiger partial charge in [-0.3, -0.25) is 4.79 Å². The third-order valence-electron chi connectivity index (χ3n) is 5.75. The molecule has 2 saturated heterocycles. The topological polar surface area (TPSA) is 52.6 Å². The predicted octanol–water partition coefficient (Wildman–Crippen LogP) is 1.49. The number of hydrogen-bond donors (Lipinski definition) is 0. The van der Waals surface area contributed by atoms with Crippen molar-refractivity contribution in [2.45, 2.75) is 38.4 Å². The molecule has 0 N–H and O–H groups in total. The molecule has 2 bridgehead atoms. The lowest BCUT2D eigenvalue weighted by Crippen LogP contribution is -2.37. The highest BCUT2D eigenvalue weighted by molar-refractivity contribution is 5.92. The standard InChI is InChI=1S/C15H18O4/c1-7-3-10-9(8(2)14(17)19-10)5-15-6-18-11(13(7)15)4-12(15)16/h7,9-11,13H,2-6H2,1H3/t7-,9-,10-,11+,13-,15-/m1/s1. The lowest BCUT2D eigenvalue weighted by molar-refractivity contribution is -0.139. The predicted molar refractivity (Wildman–Crippen MR) is 66.2 cm³/mol. The molecule has 0 spiro atoms. The molecule has 2 aliphatic carbocycles. The average Bonchev–Trinajstić information content (AvgIpc) is 2.90. The number of hydrogen-bond acceptors (Lipinski definition) is 4. The Labute approximate surface area is 112 Å². The zero-order valence-electron chi connectivity index (χ0n) is 11.1.